The molecular formula is C6H10BF8N. The molecule has 0 bridgehead atoms. The number of rotatable bonds is 1. The maximum atomic E-state index is 11.2. The van der Waals surface area contributed by atoms with Crippen molar-refractivity contribution >= 4 is 6.98 Å². The Balaban J connectivity index is 0.000000368. The first-order chi connectivity index (χ1) is 7.00. The minimum Gasteiger partial charge on any atom is -0.445 e. The molecule has 2 N–H and O–H groups in total. The molecule has 1 aliphatic rings. The zero-order valence-corrected chi connectivity index (χ0v) is 8.01. The van der Waals surface area contributed by atoms with Crippen molar-refractivity contribution in [3.63, 3.8) is 0 Å². The van der Waals surface area contributed by atoms with E-state index in [4.69, 9.17) is 0 Å². The highest BCUT2D eigenvalue weighted by molar-refractivity contribution is 6.61. The van der Waals surface area contributed by atoms with Crippen LogP contribution in [0, 0.1) is 0 Å². The summed E-state index contributed by atoms with van der Waals surface area (Å²) in [5, 5.41) is 2.36. The number of hydrogen-bond donors (Lipinski definition) is 1. The van der Waals surface area contributed by atoms with Gasteiger partial charge in [0.05, 0.1) is 13.1 Å². The Morgan fingerprint density at radius 2 is 1.19 bits per heavy atom. The van der Waals surface area contributed by atoms with Gasteiger partial charge in [-0.3, -0.25) is 0 Å². The van der Waals surface area contributed by atoms with Gasteiger partial charge in [0, 0.05) is 12.8 Å². The molecule has 98 valence electrons. The standard InChI is InChI=1S/C4H9N.C2BF8/c1-2-4-5-3-1;4-1(5,2(6,7)8)3(9,10)11/h5H,1-4H2;/q;-1/p+1. The van der Waals surface area contributed by atoms with Gasteiger partial charge in [-0.1, -0.05) is 0 Å². The number of alkyl halides is 5. The van der Waals surface area contributed by atoms with Gasteiger partial charge in [0.1, 0.15) is 0 Å². The van der Waals surface area contributed by atoms with Gasteiger partial charge < -0.3 is 18.3 Å². The summed E-state index contributed by atoms with van der Waals surface area (Å²) in [6.07, 6.45) is -3.66. The summed E-state index contributed by atoms with van der Waals surface area (Å²) in [4.78, 5) is 0. The first-order valence-electron chi connectivity index (χ1n) is 4.45. The fraction of sp³-hybridized carbons (Fsp3) is 1.00. The minimum atomic E-state index is -7.21. The monoisotopic (exact) mass is 259 g/mol. The van der Waals surface area contributed by atoms with Gasteiger partial charge in [0.15, 0.2) is 0 Å². The molecule has 0 aromatic carbocycles. The minimum absolute atomic E-state index is 1.38. The lowest BCUT2D eigenvalue weighted by molar-refractivity contribution is -0.635. The van der Waals surface area contributed by atoms with Gasteiger partial charge in [-0.15, -0.1) is 0 Å². The summed E-state index contributed by atoms with van der Waals surface area (Å²) >= 11 is 0. The lowest BCUT2D eigenvalue weighted by atomic mass is 9.80. The number of nitrogens with two attached hydrogens (primary N) is 1. The predicted molar refractivity (Wildman–Crippen MR) is 41.0 cm³/mol. The Morgan fingerprint density at radius 3 is 1.25 bits per heavy atom. The molecule has 1 heterocycles. The van der Waals surface area contributed by atoms with E-state index in [1.165, 1.54) is 25.9 Å². The molecular weight excluding hydrogens is 249 g/mol. The lowest BCUT2D eigenvalue weighted by Crippen LogP contribution is -2.80. The maximum Gasteiger partial charge on any atom is 0.558 e. The van der Waals surface area contributed by atoms with E-state index in [9.17, 15) is 34.9 Å². The molecule has 1 aliphatic heterocycles. The van der Waals surface area contributed by atoms with Gasteiger partial charge in [-0.05, 0) is 0 Å². The van der Waals surface area contributed by atoms with Crippen molar-refractivity contribution in [3.8, 4) is 0 Å². The van der Waals surface area contributed by atoms with Gasteiger partial charge in [-0.2, -0.15) is 13.2 Å². The van der Waals surface area contributed by atoms with Crippen LogP contribution in [0.15, 0.2) is 0 Å². The molecule has 1 fully saturated rings. The van der Waals surface area contributed by atoms with E-state index in [1.807, 2.05) is 0 Å². The van der Waals surface area contributed by atoms with E-state index in [0.29, 0.717) is 0 Å². The molecule has 1 nitrogen and oxygen atoms in total. The van der Waals surface area contributed by atoms with Crippen LogP contribution in [-0.2, 0) is 0 Å². The highest BCUT2D eigenvalue weighted by Gasteiger charge is 2.69. The van der Waals surface area contributed by atoms with Crippen LogP contribution in [-0.4, -0.2) is 32.1 Å². The van der Waals surface area contributed by atoms with E-state index in [-0.39, 0.29) is 0 Å². The van der Waals surface area contributed by atoms with Crippen LogP contribution in [0.5, 0.6) is 0 Å². The molecule has 0 aliphatic carbocycles. The Bertz CT molecular complexity index is 182. The first-order valence-corrected chi connectivity index (χ1v) is 4.45. The molecule has 16 heavy (non-hydrogen) atoms. The molecule has 1 rings (SSSR count). The van der Waals surface area contributed by atoms with Crippen LogP contribution in [0.4, 0.5) is 34.9 Å². The fourth-order valence-corrected chi connectivity index (χ4v) is 0.907. The van der Waals surface area contributed by atoms with Crippen LogP contribution in [0.3, 0.4) is 0 Å². The average Bonchev–Trinajstić information content (AvgIpc) is 2.55. The van der Waals surface area contributed by atoms with Crippen molar-refractivity contribution in [1.29, 1.82) is 0 Å². The molecule has 0 radical (unpaired) electrons. The summed E-state index contributed by atoms with van der Waals surface area (Å²) < 4.78 is 87.8. The normalized spacial score (nSPS) is 18.0. The van der Waals surface area contributed by atoms with Gasteiger partial charge in [0.25, 0.3) is 0 Å². The van der Waals surface area contributed by atoms with Crippen LogP contribution in [0.2, 0.25) is 0 Å². The molecule has 0 atom stereocenters. The number of hydrogen-bond acceptors (Lipinski definition) is 0. The van der Waals surface area contributed by atoms with Crippen LogP contribution < -0.4 is 5.32 Å². The highest BCUT2D eigenvalue weighted by atomic mass is 19.4. The van der Waals surface area contributed by atoms with Crippen LogP contribution in [0.25, 0.3) is 0 Å². The SMILES string of the molecule is C1CC[NH2+]C1.F[B-](F)(F)C(F)(F)C(F)(F)F. The van der Waals surface area contributed by atoms with Crippen molar-refractivity contribution in [3.05, 3.63) is 0 Å². The molecule has 0 amide bonds. The predicted octanol–water partition coefficient (Wildman–Crippen LogP) is 1.91. The van der Waals surface area contributed by atoms with E-state index in [2.05, 4.69) is 5.32 Å². The maximum absolute atomic E-state index is 11.2. The van der Waals surface area contributed by atoms with Crippen molar-refractivity contribution in [2.75, 3.05) is 13.1 Å². The summed E-state index contributed by atoms with van der Waals surface area (Å²) in [5.74, 6) is -6.56. The summed E-state index contributed by atoms with van der Waals surface area (Å²) in [5.41, 5.74) is 0. The van der Waals surface area contributed by atoms with Crippen molar-refractivity contribution < 1.29 is 40.2 Å². The van der Waals surface area contributed by atoms with Crippen LogP contribution in [0.1, 0.15) is 12.8 Å². The fourth-order valence-electron chi connectivity index (χ4n) is 0.907. The van der Waals surface area contributed by atoms with Gasteiger partial charge in [0.2, 0.25) is 0 Å². The summed E-state index contributed by atoms with van der Waals surface area (Å²) in [6.45, 7) is -4.46. The second kappa shape index (κ2) is 5.20. The third kappa shape index (κ3) is 4.15. The molecule has 10 heteroatoms. The van der Waals surface area contributed by atoms with Gasteiger partial charge >= 0.3 is 19.0 Å². The van der Waals surface area contributed by atoms with E-state index < -0.39 is 19.0 Å². The van der Waals surface area contributed by atoms with Crippen molar-refractivity contribution in [2.24, 2.45) is 0 Å². The van der Waals surface area contributed by atoms with Crippen molar-refractivity contribution in [2.45, 2.75) is 24.8 Å². The Labute approximate surface area is 86.2 Å². The third-order valence-corrected chi connectivity index (χ3v) is 1.86. The van der Waals surface area contributed by atoms with Crippen LogP contribution >= 0.6 is 0 Å². The smallest absolute Gasteiger partial charge is 0.445 e. The molecule has 0 saturated carbocycles. The largest absolute Gasteiger partial charge is 0.558 e. The first kappa shape index (κ1) is 15.5. The number of halogens is 8. The van der Waals surface area contributed by atoms with E-state index in [1.54, 1.807) is 0 Å². The molecule has 0 spiro atoms. The van der Waals surface area contributed by atoms with E-state index >= 15 is 0 Å². The average molecular weight is 259 g/mol. The third-order valence-electron chi connectivity index (χ3n) is 1.86. The second-order valence-electron chi connectivity index (χ2n) is 3.27. The van der Waals surface area contributed by atoms with Crippen molar-refractivity contribution in [1.82, 2.24) is 0 Å². The van der Waals surface area contributed by atoms with Gasteiger partial charge in [-0.25, -0.2) is 8.78 Å². The zero-order chi connectivity index (χ0) is 13.0. The molecule has 1 saturated heterocycles. The molecule has 0 aromatic heterocycles. The molecule has 0 aromatic rings. The topological polar surface area (TPSA) is 16.6 Å². The molecule has 0 unspecified atom stereocenters. The Morgan fingerprint density at radius 1 is 0.812 bits per heavy atom. The second-order valence-corrected chi connectivity index (χ2v) is 3.27. The quantitative estimate of drug-likeness (QED) is 0.547. The zero-order valence-electron chi connectivity index (χ0n) is 8.01. The van der Waals surface area contributed by atoms with E-state index in [0.717, 1.165) is 0 Å². The summed E-state index contributed by atoms with van der Waals surface area (Å²) in [7, 11) is 0. The lowest BCUT2D eigenvalue weighted by Gasteiger charge is -2.28. The Kier molecular flexibility index (Phi) is 5.02. The Hall–Kier alpha value is -0.535. The highest BCUT2D eigenvalue weighted by Crippen LogP contribution is 2.43. The number of quaternary nitrogens is 1. The summed E-state index contributed by atoms with van der Waals surface area (Å²) in [6, 6.07) is 0.